The van der Waals surface area contributed by atoms with Gasteiger partial charge in [-0.15, -0.1) is 0 Å². The van der Waals surface area contributed by atoms with Crippen molar-refractivity contribution in [2.24, 2.45) is 0 Å². The van der Waals surface area contributed by atoms with E-state index in [1.165, 1.54) is 0 Å². The molecule has 2 rings (SSSR count). The van der Waals surface area contributed by atoms with Gasteiger partial charge in [0.2, 0.25) is 0 Å². The van der Waals surface area contributed by atoms with Gasteiger partial charge in [-0.2, -0.15) is 0 Å². The molecule has 0 bridgehead atoms. The maximum Gasteiger partial charge on any atom is 0.178 e. The Labute approximate surface area is 129 Å². The minimum Gasteiger partial charge on any atom is -0.376 e. The summed E-state index contributed by atoms with van der Waals surface area (Å²) in [4.78, 5) is -0.127. The van der Waals surface area contributed by atoms with Gasteiger partial charge in [0.05, 0.1) is 23.9 Å². The Hall–Kier alpha value is -1.31. The number of rotatable bonds is 6. The summed E-state index contributed by atoms with van der Waals surface area (Å²) >= 11 is 0. The molecule has 1 heterocycles. The number of nitrogens with one attached hydrogen (secondary N) is 1. The van der Waals surface area contributed by atoms with E-state index in [4.69, 9.17) is 4.74 Å². The van der Waals surface area contributed by atoms with E-state index in [-0.39, 0.29) is 22.3 Å². The molecule has 0 radical (unpaired) electrons. The van der Waals surface area contributed by atoms with Crippen molar-refractivity contribution < 1.29 is 21.9 Å². The van der Waals surface area contributed by atoms with E-state index in [0.717, 1.165) is 17.7 Å². The number of hydrogen-bond acceptors (Lipinski definition) is 4. The highest BCUT2D eigenvalue weighted by atomic mass is 32.2. The molecular formula is C15H19F2NO3S. The highest BCUT2D eigenvalue weighted by Gasteiger charge is 2.31. The van der Waals surface area contributed by atoms with E-state index < -0.39 is 21.5 Å². The molecule has 1 N–H and O–H groups in total. The lowest BCUT2D eigenvalue weighted by molar-refractivity contribution is 0.155. The number of fused-ring (bicyclic) bond motifs is 1. The van der Waals surface area contributed by atoms with Crippen molar-refractivity contribution in [2.75, 3.05) is 25.5 Å². The molecule has 0 aliphatic carbocycles. The van der Waals surface area contributed by atoms with Crippen molar-refractivity contribution in [3.05, 3.63) is 41.5 Å². The van der Waals surface area contributed by atoms with Crippen LogP contribution in [0.25, 0.3) is 0 Å². The topological polar surface area (TPSA) is 55.4 Å². The second-order valence-electron chi connectivity index (χ2n) is 5.43. The third kappa shape index (κ3) is 3.91. The van der Waals surface area contributed by atoms with Crippen molar-refractivity contribution in [1.82, 2.24) is 5.32 Å². The Morgan fingerprint density at radius 3 is 2.77 bits per heavy atom. The average molecular weight is 331 g/mol. The minimum atomic E-state index is -3.55. The summed E-state index contributed by atoms with van der Waals surface area (Å²) in [5.41, 5.74) is 1.19. The average Bonchev–Trinajstić information content (AvgIpc) is 2.43. The van der Waals surface area contributed by atoms with Gasteiger partial charge in [0.1, 0.15) is 0 Å². The second kappa shape index (κ2) is 6.85. The van der Waals surface area contributed by atoms with Gasteiger partial charge in [-0.3, -0.25) is 0 Å². The van der Waals surface area contributed by atoms with Crippen LogP contribution in [0.15, 0.2) is 29.2 Å². The number of hydrogen-bond donors (Lipinski definition) is 1. The Morgan fingerprint density at radius 2 is 2.09 bits per heavy atom. The summed E-state index contributed by atoms with van der Waals surface area (Å²) in [6.45, 7) is 6.93. The van der Waals surface area contributed by atoms with Crippen molar-refractivity contribution in [1.29, 1.82) is 0 Å². The van der Waals surface area contributed by atoms with Gasteiger partial charge in [-0.1, -0.05) is 12.2 Å². The monoisotopic (exact) mass is 331 g/mol. The zero-order valence-electron chi connectivity index (χ0n) is 12.4. The fourth-order valence-corrected chi connectivity index (χ4v) is 4.00. The van der Waals surface area contributed by atoms with E-state index in [9.17, 15) is 17.2 Å². The van der Waals surface area contributed by atoms with Crippen molar-refractivity contribution in [3.8, 4) is 0 Å². The molecule has 0 aromatic heterocycles. The van der Waals surface area contributed by atoms with Crippen LogP contribution in [0.5, 0.6) is 0 Å². The lowest BCUT2D eigenvalue weighted by Crippen LogP contribution is -2.32. The van der Waals surface area contributed by atoms with Crippen molar-refractivity contribution >= 4 is 9.84 Å². The predicted molar refractivity (Wildman–Crippen MR) is 79.4 cm³/mol. The van der Waals surface area contributed by atoms with Crippen LogP contribution in [0.4, 0.5) is 8.78 Å². The molecule has 1 aliphatic heterocycles. The van der Waals surface area contributed by atoms with Crippen LogP contribution in [-0.4, -0.2) is 33.9 Å². The molecule has 0 spiro atoms. The number of sulfone groups is 1. The first kappa shape index (κ1) is 17.1. The summed E-state index contributed by atoms with van der Waals surface area (Å²) in [5.74, 6) is -2.27. The van der Waals surface area contributed by atoms with Gasteiger partial charge in [0, 0.05) is 12.6 Å². The molecule has 1 aromatic rings. The Balaban J connectivity index is 2.09. The van der Waals surface area contributed by atoms with Crippen LogP contribution in [0.3, 0.4) is 0 Å². The third-order valence-electron chi connectivity index (χ3n) is 3.42. The lowest BCUT2D eigenvalue weighted by atomic mass is 10.0. The molecule has 1 aromatic carbocycles. The van der Waals surface area contributed by atoms with Crippen molar-refractivity contribution in [3.63, 3.8) is 0 Å². The van der Waals surface area contributed by atoms with Crippen molar-refractivity contribution in [2.45, 2.75) is 24.3 Å². The van der Waals surface area contributed by atoms with Gasteiger partial charge >= 0.3 is 0 Å². The van der Waals surface area contributed by atoms with Gasteiger partial charge in [-0.25, -0.2) is 17.2 Å². The normalized spacial score (nSPS) is 19.7. The second-order valence-corrected chi connectivity index (χ2v) is 7.51. The molecule has 4 nitrogen and oxygen atoms in total. The molecule has 22 heavy (non-hydrogen) atoms. The number of ether oxygens (including phenoxy) is 1. The number of benzene rings is 1. The first-order valence-electron chi connectivity index (χ1n) is 6.98. The molecule has 7 heteroatoms. The first-order valence-corrected chi connectivity index (χ1v) is 8.63. The van der Waals surface area contributed by atoms with Crippen LogP contribution in [-0.2, 0) is 14.6 Å². The highest BCUT2D eigenvalue weighted by Crippen LogP contribution is 2.33. The summed E-state index contributed by atoms with van der Waals surface area (Å²) in [6.07, 6.45) is 0.320. The van der Waals surface area contributed by atoms with Gasteiger partial charge in [0.25, 0.3) is 0 Å². The third-order valence-corrected chi connectivity index (χ3v) is 5.22. The Kier molecular flexibility index (Phi) is 5.31. The van der Waals surface area contributed by atoms with E-state index in [0.29, 0.717) is 26.2 Å². The van der Waals surface area contributed by atoms with E-state index in [1.54, 1.807) is 0 Å². The zero-order chi connectivity index (χ0) is 16.3. The molecule has 0 saturated heterocycles. The van der Waals surface area contributed by atoms with Gasteiger partial charge < -0.3 is 10.1 Å². The summed E-state index contributed by atoms with van der Waals surface area (Å²) in [7, 11) is -3.55. The highest BCUT2D eigenvalue weighted by molar-refractivity contribution is 7.91. The van der Waals surface area contributed by atoms with E-state index >= 15 is 0 Å². The maximum absolute atomic E-state index is 13.4. The van der Waals surface area contributed by atoms with E-state index in [1.807, 2.05) is 6.92 Å². The first-order chi connectivity index (χ1) is 10.3. The fourth-order valence-electron chi connectivity index (χ4n) is 2.39. The van der Waals surface area contributed by atoms with Gasteiger partial charge in [0.15, 0.2) is 21.5 Å². The smallest absolute Gasteiger partial charge is 0.178 e. The number of halogens is 2. The standard InChI is InChI=1S/C15H19F2NO3S/c1-10(2)9-21-5-4-18-14-3-6-22(19,20)15-8-13(17)12(16)7-11(14)15/h7-8,14,18H,1,3-6,9H2,2H3. The lowest BCUT2D eigenvalue weighted by Gasteiger charge is -2.26. The zero-order valence-corrected chi connectivity index (χ0v) is 13.2. The minimum absolute atomic E-state index is 0.0879. The summed E-state index contributed by atoms with van der Waals surface area (Å²) in [5, 5.41) is 3.13. The van der Waals surface area contributed by atoms with Crippen LogP contribution in [0, 0.1) is 11.6 Å². The quantitative estimate of drug-likeness (QED) is 0.494. The predicted octanol–water partition coefficient (Wildman–Crippen LogP) is 2.37. The summed E-state index contributed by atoms with van der Waals surface area (Å²) in [6, 6.07) is 1.40. The van der Waals surface area contributed by atoms with Crippen LogP contribution in [0.2, 0.25) is 0 Å². The summed E-state index contributed by atoms with van der Waals surface area (Å²) < 4.78 is 56.1. The Morgan fingerprint density at radius 1 is 1.41 bits per heavy atom. The fraction of sp³-hybridized carbons (Fsp3) is 0.467. The molecule has 122 valence electrons. The molecule has 1 atom stereocenters. The van der Waals surface area contributed by atoms with Crippen LogP contribution >= 0.6 is 0 Å². The SMILES string of the molecule is C=C(C)COCCNC1CCS(=O)(=O)c2cc(F)c(F)cc21. The van der Waals surface area contributed by atoms with Gasteiger partial charge in [-0.05, 0) is 31.0 Å². The molecule has 0 fully saturated rings. The Bertz CT molecular complexity index is 674. The molecule has 1 aliphatic rings. The molecule has 0 saturated carbocycles. The molecule has 1 unspecified atom stereocenters. The van der Waals surface area contributed by atoms with Crippen LogP contribution in [0.1, 0.15) is 24.9 Å². The molecule has 0 amide bonds. The maximum atomic E-state index is 13.4. The van der Waals surface area contributed by atoms with Crippen LogP contribution < -0.4 is 5.32 Å². The molecular weight excluding hydrogens is 312 g/mol. The largest absolute Gasteiger partial charge is 0.376 e. The van der Waals surface area contributed by atoms with E-state index in [2.05, 4.69) is 11.9 Å².